The van der Waals surface area contributed by atoms with Gasteiger partial charge in [0.05, 0.1) is 5.25 Å². The monoisotopic (exact) mass is 274 g/mol. The summed E-state index contributed by atoms with van der Waals surface area (Å²) < 4.78 is 14.7. The number of benzene rings is 2. The Balaban J connectivity index is 2.30. The van der Waals surface area contributed by atoms with Gasteiger partial charge >= 0.3 is 0 Å². The predicted octanol–water partition coefficient (Wildman–Crippen LogP) is 4.72. The van der Waals surface area contributed by atoms with Crippen LogP contribution in [0.25, 0.3) is 0 Å². The molecule has 19 heavy (non-hydrogen) atoms. The lowest BCUT2D eigenvalue weighted by Gasteiger charge is -2.20. The highest BCUT2D eigenvalue weighted by molar-refractivity contribution is 8.13. The molecule has 0 aliphatic heterocycles. The lowest BCUT2D eigenvalue weighted by Crippen LogP contribution is -2.06. The van der Waals surface area contributed by atoms with Gasteiger partial charge in [-0.3, -0.25) is 4.79 Å². The molecule has 0 bridgehead atoms. The summed E-state index contributed by atoms with van der Waals surface area (Å²) in [6.07, 6.45) is -1.20. The quantitative estimate of drug-likeness (QED) is 0.802. The first-order chi connectivity index (χ1) is 9.18. The Morgan fingerprint density at radius 1 is 0.947 bits per heavy atom. The molecular formula is C16H15FOS. The Morgan fingerprint density at radius 2 is 1.42 bits per heavy atom. The van der Waals surface area contributed by atoms with Crippen LogP contribution >= 0.6 is 11.8 Å². The van der Waals surface area contributed by atoms with E-state index in [0.29, 0.717) is 5.56 Å². The summed E-state index contributed by atoms with van der Waals surface area (Å²) in [6.45, 7) is 1.47. The third kappa shape index (κ3) is 3.67. The fourth-order valence-electron chi connectivity index (χ4n) is 1.93. The van der Waals surface area contributed by atoms with Crippen LogP contribution < -0.4 is 0 Å². The van der Waals surface area contributed by atoms with E-state index in [1.165, 1.54) is 6.92 Å². The molecule has 0 spiro atoms. The second-order valence-electron chi connectivity index (χ2n) is 4.25. The average molecular weight is 274 g/mol. The van der Waals surface area contributed by atoms with Crippen molar-refractivity contribution in [1.82, 2.24) is 0 Å². The van der Waals surface area contributed by atoms with Gasteiger partial charge in [0.15, 0.2) is 5.12 Å². The van der Waals surface area contributed by atoms with Crippen molar-refractivity contribution in [2.75, 3.05) is 0 Å². The van der Waals surface area contributed by atoms with Crippen LogP contribution in [0.5, 0.6) is 0 Å². The van der Waals surface area contributed by atoms with Crippen molar-refractivity contribution in [3.8, 4) is 0 Å². The van der Waals surface area contributed by atoms with Crippen molar-refractivity contribution in [2.24, 2.45) is 0 Å². The first kappa shape index (κ1) is 13.8. The third-order valence-corrected chi connectivity index (χ3v) is 3.90. The van der Waals surface area contributed by atoms with Gasteiger partial charge in [0, 0.05) is 6.92 Å². The number of hydrogen-bond donors (Lipinski definition) is 0. The molecule has 0 unspecified atom stereocenters. The average Bonchev–Trinajstić information content (AvgIpc) is 2.46. The summed E-state index contributed by atoms with van der Waals surface area (Å²) in [6, 6.07) is 18.3. The highest BCUT2D eigenvalue weighted by Gasteiger charge is 2.26. The smallest absolute Gasteiger partial charge is 0.186 e. The van der Waals surface area contributed by atoms with Crippen LogP contribution in [0.2, 0.25) is 0 Å². The molecule has 3 heteroatoms. The number of carbonyl (C=O) groups is 1. The maximum absolute atomic E-state index is 14.7. The van der Waals surface area contributed by atoms with Gasteiger partial charge < -0.3 is 0 Å². The molecule has 2 aromatic rings. The second kappa shape index (κ2) is 6.53. The van der Waals surface area contributed by atoms with Crippen LogP contribution in [-0.4, -0.2) is 5.12 Å². The van der Waals surface area contributed by atoms with Gasteiger partial charge in [0.1, 0.15) is 6.17 Å². The van der Waals surface area contributed by atoms with Crippen LogP contribution in [0, 0.1) is 0 Å². The maximum atomic E-state index is 14.7. The van der Waals surface area contributed by atoms with Crippen molar-refractivity contribution in [3.05, 3.63) is 71.8 Å². The molecule has 0 N–H and O–H groups in total. The van der Waals surface area contributed by atoms with E-state index >= 15 is 0 Å². The standard InChI is InChI=1S/C16H15FOS/c1-12(18)19-16(14-10-6-3-7-11-14)15(17)13-8-4-2-5-9-13/h2-11,15-16H,1H3/t15-,16-/m1/s1. The minimum Gasteiger partial charge on any atom is -0.288 e. The van der Waals surface area contributed by atoms with Crippen LogP contribution in [0.15, 0.2) is 60.7 Å². The largest absolute Gasteiger partial charge is 0.288 e. The molecule has 0 radical (unpaired) electrons. The van der Waals surface area contributed by atoms with Gasteiger partial charge in [-0.1, -0.05) is 72.4 Å². The molecule has 0 saturated carbocycles. The second-order valence-corrected chi connectivity index (χ2v) is 5.57. The van der Waals surface area contributed by atoms with E-state index in [4.69, 9.17) is 0 Å². The van der Waals surface area contributed by atoms with Crippen LogP contribution in [0.3, 0.4) is 0 Å². The Kier molecular flexibility index (Phi) is 4.74. The van der Waals surface area contributed by atoms with Crippen LogP contribution in [-0.2, 0) is 4.79 Å². The summed E-state index contributed by atoms with van der Waals surface area (Å²) in [4.78, 5) is 11.4. The third-order valence-electron chi connectivity index (χ3n) is 2.80. The molecule has 0 aliphatic carbocycles. The molecule has 0 aliphatic rings. The first-order valence-electron chi connectivity index (χ1n) is 6.09. The number of hydrogen-bond acceptors (Lipinski definition) is 2. The first-order valence-corrected chi connectivity index (χ1v) is 6.97. The van der Waals surface area contributed by atoms with Gasteiger partial charge in [-0.2, -0.15) is 0 Å². The lowest BCUT2D eigenvalue weighted by atomic mass is 10.0. The van der Waals surface area contributed by atoms with Gasteiger partial charge in [-0.25, -0.2) is 4.39 Å². The highest BCUT2D eigenvalue weighted by atomic mass is 32.2. The van der Waals surface area contributed by atoms with E-state index in [2.05, 4.69) is 0 Å². The highest BCUT2D eigenvalue weighted by Crippen LogP contribution is 2.42. The molecular weight excluding hydrogens is 259 g/mol. The number of halogens is 1. The predicted molar refractivity (Wildman–Crippen MR) is 77.7 cm³/mol. The molecule has 0 aromatic heterocycles. The van der Waals surface area contributed by atoms with Crippen LogP contribution in [0.4, 0.5) is 4.39 Å². The summed E-state index contributed by atoms with van der Waals surface area (Å²) >= 11 is 1.04. The van der Waals surface area contributed by atoms with Gasteiger partial charge in [-0.15, -0.1) is 0 Å². The Labute approximate surface area is 116 Å². The van der Waals surface area contributed by atoms with Crippen molar-refractivity contribution in [2.45, 2.75) is 18.3 Å². The summed E-state index contributed by atoms with van der Waals surface area (Å²) in [5.74, 6) is 0. The minimum absolute atomic E-state index is 0.0764. The molecule has 0 saturated heterocycles. The van der Waals surface area contributed by atoms with Gasteiger partial charge in [0.2, 0.25) is 0 Å². The normalized spacial score (nSPS) is 13.8. The van der Waals surface area contributed by atoms with E-state index in [9.17, 15) is 9.18 Å². The molecule has 0 heterocycles. The Hall–Kier alpha value is -1.61. The van der Waals surface area contributed by atoms with E-state index in [-0.39, 0.29) is 5.12 Å². The van der Waals surface area contributed by atoms with Crippen molar-refractivity contribution in [3.63, 3.8) is 0 Å². The number of rotatable bonds is 4. The SMILES string of the molecule is CC(=O)S[C@H](c1ccccc1)[C@H](F)c1ccccc1. The van der Waals surface area contributed by atoms with E-state index in [1.54, 1.807) is 12.1 Å². The summed E-state index contributed by atoms with van der Waals surface area (Å²) in [5, 5.41) is -0.575. The van der Waals surface area contributed by atoms with Crippen LogP contribution in [0.1, 0.15) is 29.5 Å². The fourth-order valence-corrected chi connectivity index (χ4v) is 2.86. The fraction of sp³-hybridized carbons (Fsp3) is 0.188. The molecule has 0 amide bonds. The zero-order valence-electron chi connectivity index (χ0n) is 10.6. The number of thioether (sulfide) groups is 1. The maximum Gasteiger partial charge on any atom is 0.186 e. The van der Waals surface area contributed by atoms with Gasteiger partial charge in [0.25, 0.3) is 0 Å². The van der Waals surface area contributed by atoms with E-state index in [0.717, 1.165) is 17.3 Å². The van der Waals surface area contributed by atoms with Gasteiger partial charge in [-0.05, 0) is 11.1 Å². The zero-order chi connectivity index (χ0) is 13.7. The van der Waals surface area contributed by atoms with E-state index < -0.39 is 11.4 Å². The summed E-state index contributed by atoms with van der Waals surface area (Å²) in [7, 11) is 0. The topological polar surface area (TPSA) is 17.1 Å². The molecule has 2 aromatic carbocycles. The zero-order valence-corrected chi connectivity index (χ0v) is 11.4. The molecule has 1 nitrogen and oxygen atoms in total. The van der Waals surface area contributed by atoms with Crippen molar-refractivity contribution in [1.29, 1.82) is 0 Å². The molecule has 0 fully saturated rings. The Bertz CT molecular complexity index is 527. The number of carbonyl (C=O) groups excluding carboxylic acids is 1. The Morgan fingerprint density at radius 3 is 1.89 bits per heavy atom. The molecule has 2 rings (SSSR count). The minimum atomic E-state index is -1.20. The van der Waals surface area contributed by atoms with Crippen molar-refractivity contribution < 1.29 is 9.18 Å². The lowest BCUT2D eigenvalue weighted by molar-refractivity contribution is -0.109. The number of alkyl halides is 1. The summed E-state index contributed by atoms with van der Waals surface area (Å²) in [5.41, 5.74) is 1.43. The van der Waals surface area contributed by atoms with Crippen molar-refractivity contribution >= 4 is 16.9 Å². The molecule has 98 valence electrons. The van der Waals surface area contributed by atoms with E-state index in [1.807, 2.05) is 48.5 Å². The molecule has 2 atom stereocenters.